The summed E-state index contributed by atoms with van der Waals surface area (Å²) in [7, 11) is 0. The molecule has 0 aliphatic carbocycles. The molecular weight excluding hydrogens is 412 g/mol. The number of aryl methyl sites for hydroxylation is 2. The zero-order valence-corrected chi connectivity index (χ0v) is 19.0. The van der Waals surface area contributed by atoms with Crippen LogP contribution in [0, 0.1) is 13.8 Å². The zero-order chi connectivity index (χ0) is 23.0. The minimum Gasteiger partial charge on any atom is -0.447 e. The number of nitrogens with zero attached hydrogens (tertiary/aromatic N) is 3. The fraction of sp³-hybridized carbons (Fsp3) is 0.222. The highest BCUT2D eigenvalue weighted by Gasteiger charge is 2.16. The Balaban J connectivity index is 1.46. The van der Waals surface area contributed by atoms with Crippen LogP contribution in [0.1, 0.15) is 44.2 Å². The molecule has 33 heavy (non-hydrogen) atoms. The SMILES string of the molecule is Cc1ccc(C)c(CN(Cc2ccccc2)Cc2nc(C(=O)NCc3ccncc3)co2)c1. The van der Waals surface area contributed by atoms with Crippen molar-refractivity contribution in [3.05, 3.63) is 119 Å². The smallest absolute Gasteiger partial charge is 0.273 e. The highest BCUT2D eigenvalue weighted by molar-refractivity contribution is 5.91. The minimum atomic E-state index is -0.258. The van der Waals surface area contributed by atoms with Gasteiger partial charge in [-0.3, -0.25) is 14.7 Å². The summed E-state index contributed by atoms with van der Waals surface area (Å²) in [5, 5.41) is 2.87. The van der Waals surface area contributed by atoms with Gasteiger partial charge in [0.2, 0.25) is 5.89 Å². The second-order valence-electron chi connectivity index (χ2n) is 8.23. The summed E-state index contributed by atoms with van der Waals surface area (Å²) in [6.45, 7) is 6.66. The molecule has 1 amide bonds. The standard InChI is InChI=1S/C27H28N4O2/c1-20-8-9-21(2)24(14-20)17-31(16-23-6-4-3-5-7-23)18-26-30-25(19-33-26)27(32)29-15-22-10-12-28-13-11-22/h3-14,19H,15-18H2,1-2H3,(H,29,32). The Morgan fingerprint density at radius 2 is 1.73 bits per heavy atom. The maximum absolute atomic E-state index is 12.5. The third-order valence-corrected chi connectivity index (χ3v) is 5.49. The minimum absolute atomic E-state index is 0.258. The Morgan fingerprint density at radius 1 is 0.939 bits per heavy atom. The Labute approximate surface area is 194 Å². The molecule has 0 atom stereocenters. The number of carbonyl (C=O) groups excluding carboxylic acids is 1. The van der Waals surface area contributed by atoms with Crippen molar-refractivity contribution in [1.82, 2.24) is 20.2 Å². The summed E-state index contributed by atoms with van der Waals surface area (Å²) in [5.41, 5.74) is 6.23. The first-order valence-corrected chi connectivity index (χ1v) is 11.0. The van der Waals surface area contributed by atoms with E-state index in [0.717, 1.165) is 18.7 Å². The van der Waals surface area contributed by atoms with Crippen LogP contribution in [0.25, 0.3) is 0 Å². The van der Waals surface area contributed by atoms with Crippen molar-refractivity contribution in [3.63, 3.8) is 0 Å². The fourth-order valence-corrected chi connectivity index (χ4v) is 3.67. The van der Waals surface area contributed by atoms with Crippen LogP contribution >= 0.6 is 0 Å². The van der Waals surface area contributed by atoms with Gasteiger partial charge in [-0.1, -0.05) is 54.1 Å². The summed E-state index contributed by atoms with van der Waals surface area (Å²) >= 11 is 0. The lowest BCUT2D eigenvalue weighted by Gasteiger charge is -2.22. The molecule has 4 rings (SSSR count). The van der Waals surface area contributed by atoms with E-state index < -0.39 is 0 Å². The van der Waals surface area contributed by atoms with Gasteiger partial charge in [-0.2, -0.15) is 0 Å². The van der Waals surface area contributed by atoms with Gasteiger partial charge in [0.25, 0.3) is 5.91 Å². The fourth-order valence-electron chi connectivity index (χ4n) is 3.67. The third-order valence-electron chi connectivity index (χ3n) is 5.49. The number of hydrogen-bond donors (Lipinski definition) is 1. The van der Waals surface area contributed by atoms with E-state index in [1.165, 1.54) is 28.5 Å². The topological polar surface area (TPSA) is 71.3 Å². The normalized spacial score (nSPS) is 11.0. The molecule has 4 aromatic rings. The highest BCUT2D eigenvalue weighted by atomic mass is 16.3. The molecule has 2 heterocycles. The van der Waals surface area contributed by atoms with E-state index in [2.05, 4.69) is 64.4 Å². The molecule has 0 saturated heterocycles. The zero-order valence-electron chi connectivity index (χ0n) is 19.0. The van der Waals surface area contributed by atoms with Crippen LogP contribution in [0.2, 0.25) is 0 Å². The number of nitrogens with one attached hydrogen (secondary N) is 1. The molecule has 2 aromatic heterocycles. The van der Waals surface area contributed by atoms with E-state index in [9.17, 15) is 4.79 Å². The van der Waals surface area contributed by atoms with Gasteiger partial charge < -0.3 is 9.73 Å². The van der Waals surface area contributed by atoms with E-state index in [0.29, 0.717) is 19.0 Å². The lowest BCUT2D eigenvalue weighted by atomic mass is 10.0. The van der Waals surface area contributed by atoms with E-state index in [4.69, 9.17) is 4.42 Å². The van der Waals surface area contributed by atoms with Crippen molar-refractivity contribution in [3.8, 4) is 0 Å². The molecule has 168 valence electrons. The number of aromatic nitrogens is 2. The Hall–Kier alpha value is -3.77. The summed E-state index contributed by atoms with van der Waals surface area (Å²) < 4.78 is 5.67. The molecule has 0 aliphatic rings. The second kappa shape index (κ2) is 10.7. The van der Waals surface area contributed by atoms with Crippen LogP contribution in [0.15, 0.2) is 83.7 Å². The average molecular weight is 441 g/mol. The number of amides is 1. The number of pyridine rings is 1. The van der Waals surface area contributed by atoms with Gasteiger partial charge in [0.15, 0.2) is 5.69 Å². The van der Waals surface area contributed by atoms with Crippen molar-refractivity contribution in [2.75, 3.05) is 0 Å². The van der Waals surface area contributed by atoms with Crippen LogP contribution < -0.4 is 5.32 Å². The molecule has 0 spiro atoms. The average Bonchev–Trinajstić information content (AvgIpc) is 3.30. The van der Waals surface area contributed by atoms with Gasteiger partial charge in [-0.05, 0) is 48.2 Å². The summed E-state index contributed by atoms with van der Waals surface area (Å²) in [6.07, 6.45) is 4.83. The summed E-state index contributed by atoms with van der Waals surface area (Å²) in [5.74, 6) is 0.260. The predicted octanol–water partition coefficient (Wildman–Crippen LogP) is 4.82. The molecule has 6 heteroatoms. The molecule has 0 bridgehead atoms. The molecule has 2 aromatic carbocycles. The van der Waals surface area contributed by atoms with Crippen LogP contribution in [0.4, 0.5) is 0 Å². The molecule has 0 aliphatic heterocycles. The van der Waals surface area contributed by atoms with Crippen molar-refractivity contribution < 1.29 is 9.21 Å². The summed E-state index contributed by atoms with van der Waals surface area (Å²) in [4.78, 5) is 23.2. The Kier molecular flexibility index (Phi) is 7.27. The van der Waals surface area contributed by atoms with Gasteiger partial charge in [-0.25, -0.2) is 4.98 Å². The molecule has 1 N–H and O–H groups in total. The largest absolute Gasteiger partial charge is 0.447 e. The molecule has 0 radical (unpaired) electrons. The van der Waals surface area contributed by atoms with E-state index >= 15 is 0 Å². The molecule has 6 nitrogen and oxygen atoms in total. The highest BCUT2D eigenvalue weighted by Crippen LogP contribution is 2.18. The lowest BCUT2D eigenvalue weighted by molar-refractivity contribution is 0.0945. The molecule has 0 saturated carbocycles. The van der Waals surface area contributed by atoms with Crippen molar-refractivity contribution in [1.29, 1.82) is 0 Å². The van der Waals surface area contributed by atoms with Gasteiger partial charge in [0.05, 0.1) is 6.54 Å². The van der Waals surface area contributed by atoms with Gasteiger partial charge >= 0.3 is 0 Å². The maximum Gasteiger partial charge on any atom is 0.273 e. The monoisotopic (exact) mass is 440 g/mol. The number of hydrogen-bond acceptors (Lipinski definition) is 5. The maximum atomic E-state index is 12.5. The van der Waals surface area contributed by atoms with Gasteiger partial charge in [0, 0.05) is 32.0 Å². The van der Waals surface area contributed by atoms with E-state index in [-0.39, 0.29) is 11.6 Å². The van der Waals surface area contributed by atoms with Gasteiger partial charge in [-0.15, -0.1) is 0 Å². The summed E-state index contributed by atoms with van der Waals surface area (Å²) in [6, 6.07) is 20.6. The molecule has 0 fully saturated rings. The quantitative estimate of drug-likeness (QED) is 0.404. The first kappa shape index (κ1) is 22.4. The van der Waals surface area contributed by atoms with Crippen LogP contribution in [-0.2, 0) is 26.2 Å². The van der Waals surface area contributed by atoms with E-state index in [1.807, 2.05) is 30.3 Å². The van der Waals surface area contributed by atoms with E-state index in [1.54, 1.807) is 12.4 Å². The van der Waals surface area contributed by atoms with Crippen molar-refractivity contribution in [2.24, 2.45) is 0 Å². The van der Waals surface area contributed by atoms with Crippen molar-refractivity contribution in [2.45, 2.75) is 40.0 Å². The van der Waals surface area contributed by atoms with Crippen LogP contribution in [0.3, 0.4) is 0 Å². The number of carbonyl (C=O) groups is 1. The molecule has 0 unspecified atom stereocenters. The lowest BCUT2D eigenvalue weighted by Crippen LogP contribution is -2.24. The van der Waals surface area contributed by atoms with Crippen molar-refractivity contribution >= 4 is 5.91 Å². The second-order valence-corrected chi connectivity index (χ2v) is 8.23. The first-order chi connectivity index (χ1) is 16.1. The Morgan fingerprint density at radius 3 is 2.52 bits per heavy atom. The Bertz CT molecular complexity index is 1190. The third kappa shape index (κ3) is 6.37. The molecular formula is C27H28N4O2. The number of oxazole rings is 1. The van der Waals surface area contributed by atoms with Gasteiger partial charge in [0.1, 0.15) is 6.26 Å². The predicted molar refractivity (Wildman–Crippen MR) is 127 cm³/mol. The van der Waals surface area contributed by atoms with Crippen LogP contribution in [-0.4, -0.2) is 20.8 Å². The van der Waals surface area contributed by atoms with Crippen LogP contribution in [0.5, 0.6) is 0 Å². The number of rotatable bonds is 9. The first-order valence-electron chi connectivity index (χ1n) is 11.0. The number of benzene rings is 2.